The van der Waals surface area contributed by atoms with Crippen LogP contribution in [0.1, 0.15) is 11.3 Å². The van der Waals surface area contributed by atoms with Gasteiger partial charge in [-0.2, -0.15) is 5.10 Å². The van der Waals surface area contributed by atoms with Crippen molar-refractivity contribution in [2.45, 2.75) is 13.0 Å². The van der Waals surface area contributed by atoms with E-state index in [1.807, 2.05) is 29.3 Å². The lowest BCUT2D eigenvalue weighted by Gasteiger charge is -2.13. The first-order chi connectivity index (χ1) is 9.24. The molecule has 3 rings (SSSR count). The summed E-state index contributed by atoms with van der Waals surface area (Å²) in [7, 11) is 1.95. The van der Waals surface area contributed by atoms with Crippen LogP contribution in [-0.2, 0) is 13.6 Å². The van der Waals surface area contributed by atoms with Crippen LogP contribution in [0.3, 0.4) is 0 Å². The second kappa shape index (κ2) is 5.45. The summed E-state index contributed by atoms with van der Waals surface area (Å²) in [5.41, 5.74) is 6.95. The molecule has 2 aromatic rings. The van der Waals surface area contributed by atoms with E-state index in [9.17, 15) is 0 Å². The number of aryl methyl sites for hydroxylation is 1. The Kier molecular flexibility index (Phi) is 3.68. The highest BCUT2D eigenvalue weighted by Crippen LogP contribution is 2.29. The van der Waals surface area contributed by atoms with E-state index in [4.69, 9.17) is 5.73 Å². The molecule has 0 spiro atoms. The quantitative estimate of drug-likeness (QED) is 0.928. The van der Waals surface area contributed by atoms with Crippen molar-refractivity contribution in [2.24, 2.45) is 18.7 Å². The van der Waals surface area contributed by atoms with Crippen LogP contribution in [0.15, 0.2) is 24.5 Å². The van der Waals surface area contributed by atoms with E-state index in [0.717, 1.165) is 19.6 Å². The fourth-order valence-electron chi connectivity index (χ4n) is 2.64. The van der Waals surface area contributed by atoms with Crippen LogP contribution in [-0.4, -0.2) is 34.3 Å². The first-order valence-corrected chi connectivity index (χ1v) is 7.56. The van der Waals surface area contributed by atoms with Gasteiger partial charge in [0.05, 0.1) is 6.20 Å². The summed E-state index contributed by atoms with van der Waals surface area (Å²) in [6.07, 6.45) is 5.24. The van der Waals surface area contributed by atoms with Crippen molar-refractivity contribution in [3.8, 4) is 10.4 Å². The SMILES string of the molecule is Cn1cc(-c2ccc(CN3CCC(CN)C3)s2)cn1. The highest BCUT2D eigenvalue weighted by Gasteiger charge is 2.21. The van der Waals surface area contributed by atoms with Crippen LogP contribution in [0, 0.1) is 5.92 Å². The highest BCUT2D eigenvalue weighted by molar-refractivity contribution is 7.15. The van der Waals surface area contributed by atoms with Gasteiger partial charge in [-0.1, -0.05) is 0 Å². The van der Waals surface area contributed by atoms with Crippen molar-refractivity contribution < 1.29 is 0 Å². The Morgan fingerprint density at radius 1 is 1.47 bits per heavy atom. The normalized spacial score (nSPS) is 20.2. The second-order valence-corrected chi connectivity index (χ2v) is 6.46. The molecule has 1 atom stereocenters. The van der Waals surface area contributed by atoms with Crippen molar-refractivity contribution in [2.75, 3.05) is 19.6 Å². The Balaban J connectivity index is 1.65. The maximum Gasteiger partial charge on any atom is 0.0576 e. The summed E-state index contributed by atoms with van der Waals surface area (Å²) in [5.74, 6) is 0.692. The summed E-state index contributed by atoms with van der Waals surface area (Å²) in [4.78, 5) is 5.24. The largest absolute Gasteiger partial charge is 0.330 e. The fourth-order valence-corrected chi connectivity index (χ4v) is 3.66. The molecule has 1 fully saturated rings. The number of thiophene rings is 1. The third-order valence-corrected chi connectivity index (χ3v) is 4.85. The summed E-state index contributed by atoms with van der Waals surface area (Å²) >= 11 is 1.87. The number of hydrogen-bond donors (Lipinski definition) is 1. The molecule has 2 aromatic heterocycles. The zero-order valence-electron chi connectivity index (χ0n) is 11.2. The minimum absolute atomic E-state index is 0.692. The van der Waals surface area contributed by atoms with Crippen LogP contribution in [0.2, 0.25) is 0 Å². The molecule has 0 saturated carbocycles. The minimum Gasteiger partial charge on any atom is -0.330 e. The zero-order valence-corrected chi connectivity index (χ0v) is 12.1. The molecule has 5 heteroatoms. The molecule has 4 nitrogen and oxygen atoms in total. The van der Waals surface area contributed by atoms with Crippen LogP contribution in [0.5, 0.6) is 0 Å². The summed E-state index contributed by atoms with van der Waals surface area (Å²) < 4.78 is 1.85. The lowest BCUT2D eigenvalue weighted by Crippen LogP contribution is -2.22. The van der Waals surface area contributed by atoms with Gasteiger partial charge in [0.25, 0.3) is 0 Å². The number of rotatable bonds is 4. The van der Waals surface area contributed by atoms with E-state index in [1.54, 1.807) is 0 Å². The van der Waals surface area contributed by atoms with Gasteiger partial charge in [0.15, 0.2) is 0 Å². The van der Waals surface area contributed by atoms with E-state index in [2.05, 4.69) is 28.3 Å². The molecular weight excluding hydrogens is 256 g/mol. The molecule has 0 amide bonds. The number of nitrogens with zero attached hydrogens (tertiary/aromatic N) is 3. The van der Waals surface area contributed by atoms with Gasteiger partial charge in [-0.3, -0.25) is 9.58 Å². The van der Waals surface area contributed by atoms with E-state index < -0.39 is 0 Å². The Morgan fingerprint density at radius 2 is 2.37 bits per heavy atom. The monoisotopic (exact) mass is 276 g/mol. The number of nitrogens with two attached hydrogens (primary N) is 1. The minimum atomic E-state index is 0.692. The molecule has 1 saturated heterocycles. The van der Waals surface area contributed by atoms with Crippen molar-refractivity contribution in [1.29, 1.82) is 0 Å². The molecule has 1 unspecified atom stereocenters. The van der Waals surface area contributed by atoms with E-state index in [-0.39, 0.29) is 0 Å². The standard InChI is InChI=1S/C14H20N4S/c1-17-9-12(7-16-17)14-3-2-13(19-14)10-18-5-4-11(6-15)8-18/h2-3,7,9,11H,4-6,8,10,15H2,1H3. The van der Waals surface area contributed by atoms with Gasteiger partial charge in [0.2, 0.25) is 0 Å². The molecule has 3 heterocycles. The maximum atomic E-state index is 5.74. The zero-order chi connectivity index (χ0) is 13.2. The third kappa shape index (κ3) is 2.88. The number of hydrogen-bond acceptors (Lipinski definition) is 4. The van der Waals surface area contributed by atoms with Crippen LogP contribution in [0.25, 0.3) is 10.4 Å². The average molecular weight is 276 g/mol. The van der Waals surface area contributed by atoms with Gasteiger partial charge in [0.1, 0.15) is 0 Å². The third-order valence-electron chi connectivity index (χ3n) is 3.73. The number of aromatic nitrogens is 2. The predicted molar refractivity (Wildman–Crippen MR) is 79.0 cm³/mol. The van der Waals surface area contributed by atoms with Gasteiger partial charge < -0.3 is 5.73 Å². The number of likely N-dealkylation sites (tertiary alicyclic amines) is 1. The highest BCUT2D eigenvalue weighted by atomic mass is 32.1. The van der Waals surface area contributed by atoms with Gasteiger partial charge in [-0.15, -0.1) is 11.3 Å². The van der Waals surface area contributed by atoms with E-state index >= 15 is 0 Å². The first-order valence-electron chi connectivity index (χ1n) is 6.75. The molecule has 0 radical (unpaired) electrons. The summed E-state index contributed by atoms with van der Waals surface area (Å²) in [6.45, 7) is 4.21. The maximum absolute atomic E-state index is 5.74. The Bertz CT molecular complexity index is 545. The van der Waals surface area contributed by atoms with Crippen molar-refractivity contribution in [3.05, 3.63) is 29.4 Å². The molecule has 102 valence electrons. The first kappa shape index (κ1) is 12.8. The van der Waals surface area contributed by atoms with Crippen molar-refractivity contribution in [3.63, 3.8) is 0 Å². The van der Waals surface area contributed by atoms with Crippen LogP contribution >= 0.6 is 11.3 Å². The molecule has 1 aliphatic rings. The Labute approximate surface area is 117 Å². The topological polar surface area (TPSA) is 47.1 Å². The molecule has 0 aromatic carbocycles. The van der Waals surface area contributed by atoms with Gasteiger partial charge in [-0.25, -0.2) is 0 Å². The lowest BCUT2D eigenvalue weighted by atomic mass is 10.1. The van der Waals surface area contributed by atoms with Gasteiger partial charge >= 0.3 is 0 Å². The lowest BCUT2D eigenvalue weighted by molar-refractivity contribution is 0.320. The fraction of sp³-hybridized carbons (Fsp3) is 0.500. The molecule has 2 N–H and O–H groups in total. The summed E-state index contributed by atoms with van der Waals surface area (Å²) in [6, 6.07) is 4.44. The molecule has 0 aliphatic carbocycles. The van der Waals surface area contributed by atoms with Gasteiger partial charge in [0, 0.05) is 41.7 Å². The predicted octanol–water partition coefficient (Wildman–Crippen LogP) is 1.93. The molecule has 1 aliphatic heterocycles. The van der Waals surface area contributed by atoms with E-state index in [1.165, 1.54) is 28.3 Å². The van der Waals surface area contributed by atoms with Crippen LogP contribution in [0.4, 0.5) is 0 Å². The van der Waals surface area contributed by atoms with E-state index in [0.29, 0.717) is 5.92 Å². The Morgan fingerprint density at radius 3 is 3.05 bits per heavy atom. The van der Waals surface area contributed by atoms with Crippen molar-refractivity contribution in [1.82, 2.24) is 14.7 Å². The Hall–Kier alpha value is -1.17. The smallest absolute Gasteiger partial charge is 0.0576 e. The molecule has 0 bridgehead atoms. The summed E-state index contributed by atoms with van der Waals surface area (Å²) in [5, 5.41) is 4.23. The van der Waals surface area contributed by atoms with Gasteiger partial charge in [-0.05, 0) is 37.6 Å². The molecular formula is C14H20N4S. The van der Waals surface area contributed by atoms with Crippen LogP contribution < -0.4 is 5.73 Å². The second-order valence-electron chi connectivity index (χ2n) is 5.29. The molecule has 19 heavy (non-hydrogen) atoms. The average Bonchev–Trinajstić information content (AvgIpc) is 3.10. The van der Waals surface area contributed by atoms with Crippen molar-refractivity contribution >= 4 is 11.3 Å².